The van der Waals surface area contributed by atoms with E-state index < -0.39 is 4.92 Å². The SMILES string of the molecule is CCc1cn[nH]c1NC(=O)c1ccc([N+](=O)[O-])s1. The molecule has 0 spiro atoms. The van der Waals surface area contributed by atoms with Crippen molar-refractivity contribution in [1.82, 2.24) is 10.2 Å². The van der Waals surface area contributed by atoms with E-state index in [1.165, 1.54) is 12.1 Å². The van der Waals surface area contributed by atoms with Crippen LogP contribution < -0.4 is 5.32 Å². The van der Waals surface area contributed by atoms with Crippen molar-refractivity contribution in [3.05, 3.63) is 38.9 Å². The number of H-pyrrole nitrogens is 1. The van der Waals surface area contributed by atoms with Gasteiger partial charge in [0.15, 0.2) is 0 Å². The van der Waals surface area contributed by atoms with Gasteiger partial charge in [-0.25, -0.2) is 0 Å². The Hall–Kier alpha value is -2.22. The molecular formula is C10H10N4O3S. The first-order valence-electron chi connectivity index (χ1n) is 5.19. The van der Waals surface area contributed by atoms with Gasteiger partial charge in [0.1, 0.15) is 5.82 Å². The summed E-state index contributed by atoms with van der Waals surface area (Å²) >= 11 is 0.839. The smallest absolute Gasteiger partial charge is 0.306 e. The van der Waals surface area contributed by atoms with Crippen LogP contribution in [0.3, 0.4) is 0 Å². The number of aryl methyl sites for hydroxylation is 1. The monoisotopic (exact) mass is 266 g/mol. The lowest BCUT2D eigenvalue weighted by Gasteiger charge is -2.01. The third kappa shape index (κ3) is 2.38. The molecule has 2 rings (SSSR count). The average Bonchev–Trinajstić information content (AvgIpc) is 2.96. The Morgan fingerprint density at radius 1 is 1.61 bits per heavy atom. The van der Waals surface area contributed by atoms with Crippen molar-refractivity contribution < 1.29 is 9.72 Å². The minimum absolute atomic E-state index is 0.0551. The normalized spacial score (nSPS) is 10.3. The van der Waals surface area contributed by atoms with Crippen molar-refractivity contribution >= 4 is 28.1 Å². The zero-order chi connectivity index (χ0) is 13.1. The summed E-state index contributed by atoms with van der Waals surface area (Å²) in [7, 11) is 0. The van der Waals surface area contributed by atoms with Crippen molar-refractivity contribution in [2.24, 2.45) is 0 Å². The van der Waals surface area contributed by atoms with Crippen LogP contribution >= 0.6 is 11.3 Å². The fourth-order valence-corrected chi connectivity index (χ4v) is 2.13. The zero-order valence-corrected chi connectivity index (χ0v) is 10.3. The molecular weight excluding hydrogens is 256 g/mol. The number of hydrogen-bond donors (Lipinski definition) is 2. The van der Waals surface area contributed by atoms with Crippen LogP contribution in [-0.2, 0) is 6.42 Å². The number of nitrogens with zero attached hydrogens (tertiary/aromatic N) is 2. The Labute approximate surface area is 106 Å². The number of hydrogen-bond acceptors (Lipinski definition) is 5. The van der Waals surface area contributed by atoms with Gasteiger partial charge in [-0.1, -0.05) is 18.3 Å². The molecule has 0 atom stereocenters. The molecule has 0 aliphatic carbocycles. The Morgan fingerprint density at radius 2 is 2.39 bits per heavy atom. The third-order valence-corrected chi connectivity index (χ3v) is 3.37. The number of nitro groups is 1. The number of rotatable bonds is 4. The highest BCUT2D eigenvalue weighted by Gasteiger charge is 2.16. The van der Waals surface area contributed by atoms with Crippen molar-refractivity contribution in [2.75, 3.05) is 5.32 Å². The second-order valence-electron chi connectivity index (χ2n) is 3.47. The molecule has 7 nitrogen and oxygen atoms in total. The summed E-state index contributed by atoms with van der Waals surface area (Å²) in [4.78, 5) is 22.1. The number of carbonyl (C=O) groups is 1. The predicted molar refractivity (Wildman–Crippen MR) is 66.9 cm³/mol. The van der Waals surface area contributed by atoms with Gasteiger partial charge in [0, 0.05) is 11.6 Å². The maximum absolute atomic E-state index is 11.8. The molecule has 0 saturated heterocycles. The lowest BCUT2D eigenvalue weighted by Crippen LogP contribution is -2.11. The number of anilines is 1. The topological polar surface area (TPSA) is 101 Å². The molecule has 0 aliphatic heterocycles. The largest absolute Gasteiger partial charge is 0.324 e. The number of aromatic nitrogens is 2. The fraction of sp³-hybridized carbons (Fsp3) is 0.200. The van der Waals surface area contributed by atoms with Crippen LogP contribution in [0.25, 0.3) is 0 Å². The Bertz CT molecular complexity index is 589. The van der Waals surface area contributed by atoms with E-state index in [9.17, 15) is 14.9 Å². The van der Waals surface area contributed by atoms with E-state index in [4.69, 9.17) is 0 Å². The van der Waals surface area contributed by atoms with Crippen LogP contribution in [0.5, 0.6) is 0 Å². The molecule has 0 aromatic carbocycles. The van der Waals surface area contributed by atoms with Gasteiger partial charge >= 0.3 is 5.00 Å². The van der Waals surface area contributed by atoms with E-state index in [1.807, 2.05) is 6.92 Å². The highest BCUT2D eigenvalue weighted by molar-refractivity contribution is 7.17. The van der Waals surface area contributed by atoms with E-state index in [2.05, 4.69) is 15.5 Å². The lowest BCUT2D eigenvalue weighted by molar-refractivity contribution is -0.380. The van der Waals surface area contributed by atoms with Gasteiger partial charge in [-0.2, -0.15) is 5.10 Å². The van der Waals surface area contributed by atoms with E-state index in [1.54, 1.807) is 6.20 Å². The molecule has 0 bridgehead atoms. The van der Waals surface area contributed by atoms with Crippen LogP contribution in [0.2, 0.25) is 0 Å². The summed E-state index contributed by atoms with van der Waals surface area (Å²) in [6.07, 6.45) is 2.36. The molecule has 18 heavy (non-hydrogen) atoms. The molecule has 0 saturated carbocycles. The van der Waals surface area contributed by atoms with Gasteiger partial charge in [-0.05, 0) is 12.5 Å². The quantitative estimate of drug-likeness (QED) is 0.654. The van der Waals surface area contributed by atoms with Gasteiger partial charge in [0.25, 0.3) is 5.91 Å². The van der Waals surface area contributed by atoms with E-state index in [0.717, 1.165) is 23.3 Å². The summed E-state index contributed by atoms with van der Waals surface area (Å²) in [5, 5.41) is 19.6. The number of carbonyl (C=O) groups excluding carboxylic acids is 1. The number of thiophene rings is 1. The maximum atomic E-state index is 11.8. The summed E-state index contributed by atoms with van der Waals surface area (Å²) in [5.41, 5.74) is 0.884. The first kappa shape index (κ1) is 12.2. The van der Waals surface area contributed by atoms with Gasteiger partial charge in [0.2, 0.25) is 0 Å². The van der Waals surface area contributed by atoms with Crippen molar-refractivity contribution in [3.8, 4) is 0 Å². The molecule has 2 heterocycles. The van der Waals surface area contributed by atoms with E-state index in [-0.39, 0.29) is 10.9 Å². The van der Waals surface area contributed by atoms with Crippen molar-refractivity contribution in [3.63, 3.8) is 0 Å². The first-order valence-corrected chi connectivity index (χ1v) is 6.01. The molecule has 0 aliphatic rings. The highest BCUT2D eigenvalue weighted by atomic mass is 32.1. The van der Waals surface area contributed by atoms with Crippen LogP contribution in [0.15, 0.2) is 18.3 Å². The van der Waals surface area contributed by atoms with Crippen LogP contribution in [0.4, 0.5) is 10.8 Å². The molecule has 2 N–H and O–H groups in total. The molecule has 94 valence electrons. The zero-order valence-electron chi connectivity index (χ0n) is 9.47. The van der Waals surface area contributed by atoms with Crippen LogP contribution in [0.1, 0.15) is 22.2 Å². The maximum Gasteiger partial charge on any atom is 0.324 e. The molecule has 2 aromatic heterocycles. The second-order valence-corrected chi connectivity index (χ2v) is 4.54. The third-order valence-electron chi connectivity index (χ3n) is 2.33. The number of amides is 1. The molecule has 1 amide bonds. The first-order chi connectivity index (χ1) is 8.61. The highest BCUT2D eigenvalue weighted by Crippen LogP contribution is 2.24. The average molecular weight is 266 g/mol. The molecule has 2 aromatic rings. The molecule has 0 radical (unpaired) electrons. The van der Waals surface area contributed by atoms with E-state index in [0.29, 0.717) is 10.7 Å². The fourth-order valence-electron chi connectivity index (χ4n) is 1.41. The second kappa shape index (κ2) is 4.96. The Balaban J connectivity index is 2.14. The lowest BCUT2D eigenvalue weighted by atomic mass is 10.2. The Kier molecular flexibility index (Phi) is 3.38. The minimum Gasteiger partial charge on any atom is -0.306 e. The molecule has 0 fully saturated rings. The number of nitrogens with one attached hydrogen (secondary N) is 2. The number of aromatic amines is 1. The summed E-state index contributed by atoms with van der Waals surface area (Å²) in [6, 6.07) is 2.74. The Morgan fingerprint density at radius 3 is 3.00 bits per heavy atom. The van der Waals surface area contributed by atoms with E-state index >= 15 is 0 Å². The van der Waals surface area contributed by atoms with Gasteiger partial charge in [-0.3, -0.25) is 20.0 Å². The molecule has 8 heteroatoms. The summed E-state index contributed by atoms with van der Waals surface area (Å²) in [6.45, 7) is 1.94. The van der Waals surface area contributed by atoms with Crippen LogP contribution in [-0.4, -0.2) is 21.0 Å². The van der Waals surface area contributed by atoms with Gasteiger partial charge < -0.3 is 5.32 Å². The van der Waals surface area contributed by atoms with Gasteiger partial charge in [-0.15, -0.1) is 0 Å². The molecule has 0 unspecified atom stereocenters. The summed E-state index contributed by atoms with van der Waals surface area (Å²) in [5.74, 6) is 0.144. The van der Waals surface area contributed by atoms with Crippen LogP contribution in [0, 0.1) is 10.1 Å². The van der Waals surface area contributed by atoms with Crippen molar-refractivity contribution in [2.45, 2.75) is 13.3 Å². The van der Waals surface area contributed by atoms with Crippen molar-refractivity contribution in [1.29, 1.82) is 0 Å². The summed E-state index contributed by atoms with van der Waals surface area (Å²) < 4.78 is 0. The predicted octanol–water partition coefficient (Wildman–Crippen LogP) is 2.19. The van der Waals surface area contributed by atoms with Gasteiger partial charge in [0.05, 0.1) is 16.0 Å². The standard InChI is InChI=1S/C10H10N4O3S/c1-2-6-5-11-13-9(6)12-10(15)7-3-4-8(18-7)14(16)17/h3-5H,2H2,1H3,(H2,11,12,13,15). The minimum atomic E-state index is -0.519.